The molecule has 5 heteroatoms. The lowest BCUT2D eigenvalue weighted by Crippen LogP contribution is -2.27. The molecule has 2 rings (SSSR count). The lowest BCUT2D eigenvalue weighted by Gasteiger charge is -2.16. The Balaban J connectivity index is 2.23. The lowest BCUT2D eigenvalue weighted by atomic mass is 10.0. The molecule has 2 aromatic rings. The molecule has 1 aromatic heterocycles. The minimum atomic E-state index is -3.47. The molecule has 0 unspecified atom stereocenters. The summed E-state index contributed by atoms with van der Waals surface area (Å²) < 4.78 is 27.9. The molecule has 0 aliphatic heterocycles. The van der Waals surface area contributed by atoms with Gasteiger partial charge in [-0.05, 0) is 78.8 Å². The van der Waals surface area contributed by atoms with E-state index in [9.17, 15) is 8.42 Å². The van der Waals surface area contributed by atoms with Gasteiger partial charge in [0.1, 0.15) is 0 Å². The SMILES string of the molecule is Cc1cc(C)c(C)c(S(=O)(=O)NCCc2ccsc2)c1C. The highest BCUT2D eigenvalue weighted by Gasteiger charge is 2.21. The maximum atomic E-state index is 12.6. The van der Waals surface area contributed by atoms with Gasteiger partial charge in [0.05, 0.1) is 4.90 Å². The number of rotatable bonds is 5. The van der Waals surface area contributed by atoms with E-state index >= 15 is 0 Å². The predicted octanol–water partition coefficient (Wildman–Crippen LogP) is 3.50. The number of sulfonamides is 1. The number of benzene rings is 1. The van der Waals surface area contributed by atoms with Crippen LogP contribution in [0.3, 0.4) is 0 Å². The average Bonchev–Trinajstić information content (AvgIpc) is 2.89. The standard InChI is InChI=1S/C16H21NO2S2/c1-11-9-12(2)14(4)16(13(11)3)21(18,19)17-7-5-15-6-8-20-10-15/h6,8-10,17H,5,7H2,1-4H3. The van der Waals surface area contributed by atoms with Gasteiger partial charge in [-0.2, -0.15) is 11.3 Å². The summed E-state index contributed by atoms with van der Waals surface area (Å²) in [5.74, 6) is 0. The molecule has 0 amide bonds. The molecule has 0 radical (unpaired) electrons. The van der Waals surface area contributed by atoms with E-state index in [1.54, 1.807) is 11.3 Å². The van der Waals surface area contributed by atoms with Crippen LogP contribution in [0.15, 0.2) is 27.8 Å². The fourth-order valence-electron chi connectivity index (χ4n) is 2.42. The smallest absolute Gasteiger partial charge is 0.211 e. The second-order valence-electron chi connectivity index (χ2n) is 5.37. The molecule has 0 saturated carbocycles. The Morgan fingerprint density at radius 3 is 2.24 bits per heavy atom. The van der Waals surface area contributed by atoms with E-state index in [-0.39, 0.29) is 0 Å². The first kappa shape index (κ1) is 16.2. The van der Waals surface area contributed by atoms with Gasteiger partial charge in [-0.25, -0.2) is 13.1 Å². The summed E-state index contributed by atoms with van der Waals surface area (Å²) in [4.78, 5) is 0.435. The van der Waals surface area contributed by atoms with Gasteiger partial charge in [0.25, 0.3) is 0 Å². The number of nitrogens with one attached hydrogen (secondary N) is 1. The summed E-state index contributed by atoms with van der Waals surface area (Å²) in [5, 5.41) is 4.05. The van der Waals surface area contributed by atoms with Crippen molar-refractivity contribution in [2.24, 2.45) is 0 Å². The number of thiophene rings is 1. The fourth-order valence-corrected chi connectivity index (χ4v) is 4.77. The summed E-state index contributed by atoms with van der Waals surface area (Å²) >= 11 is 1.63. The van der Waals surface area contributed by atoms with Crippen molar-refractivity contribution < 1.29 is 8.42 Å². The van der Waals surface area contributed by atoms with Crippen LogP contribution in [0.2, 0.25) is 0 Å². The summed E-state index contributed by atoms with van der Waals surface area (Å²) in [6.45, 7) is 8.06. The molecule has 0 saturated heterocycles. The van der Waals surface area contributed by atoms with Crippen LogP contribution in [0.25, 0.3) is 0 Å². The van der Waals surface area contributed by atoms with E-state index in [4.69, 9.17) is 0 Å². The lowest BCUT2D eigenvalue weighted by molar-refractivity contribution is 0.580. The summed E-state index contributed by atoms with van der Waals surface area (Å²) in [6, 6.07) is 4.06. The van der Waals surface area contributed by atoms with E-state index in [0.717, 1.165) is 27.8 Å². The Kier molecular flexibility index (Phi) is 4.86. The minimum Gasteiger partial charge on any atom is -0.211 e. The first-order chi connectivity index (χ1) is 9.83. The Bertz CT molecular complexity index is 706. The molecule has 1 N–H and O–H groups in total. The molecule has 114 valence electrons. The van der Waals surface area contributed by atoms with Crippen LogP contribution in [0.1, 0.15) is 27.8 Å². The first-order valence-corrected chi connectivity index (χ1v) is 9.33. The molecule has 0 atom stereocenters. The Morgan fingerprint density at radius 2 is 1.71 bits per heavy atom. The number of hydrogen-bond donors (Lipinski definition) is 1. The van der Waals surface area contributed by atoms with Gasteiger partial charge in [0, 0.05) is 6.54 Å². The van der Waals surface area contributed by atoms with Gasteiger partial charge < -0.3 is 0 Å². The summed E-state index contributed by atoms with van der Waals surface area (Å²) in [5.41, 5.74) is 4.85. The van der Waals surface area contributed by atoms with Crippen LogP contribution in [-0.2, 0) is 16.4 Å². The van der Waals surface area contributed by atoms with E-state index in [1.807, 2.05) is 50.6 Å². The van der Waals surface area contributed by atoms with Crippen LogP contribution in [0.5, 0.6) is 0 Å². The van der Waals surface area contributed by atoms with E-state index in [2.05, 4.69) is 4.72 Å². The molecule has 0 aliphatic rings. The van der Waals surface area contributed by atoms with Crippen LogP contribution < -0.4 is 4.72 Å². The molecule has 0 spiro atoms. The number of aryl methyl sites for hydroxylation is 2. The average molecular weight is 323 g/mol. The van der Waals surface area contributed by atoms with Crippen molar-refractivity contribution in [1.82, 2.24) is 4.72 Å². The normalized spacial score (nSPS) is 11.8. The van der Waals surface area contributed by atoms with Gasteiger partial charge in [-0.15, -0.1) is 0 Å². The van der Waals surface area contributed by atoms with Gasteiger partial charge in [0.2, 0.25) is 10.0 Å². The zero-order chi connectivity index (χ0) is 15.6. The van der Waals surface area contributed by atoms with Crippen molar-refractivity contribution in [2.45, 2.75) is 39.0 Å². The van der Waals surface area contributed by atoms with Crippen molar-refractivity contribution in [3.05, 3.63) is 50.7 Å². The van der Waals surface area contributed by atoms with Crippen molar-refractivity contribution in [2.75, 3.05) is 6.54 Å². The van der Waals surface area contributed by atoms with Crippen LogP contribution in [-0.4, -0.2) is 15.0 Å². The summed E-state index contributed by atoms with van der Waals surface area (Å²) in [7, 11) is -3.47. The third kappa shape index (κ3) is 3.54. The van der Waals surface area contributed by atoms with E-state index in [1.165, 1.54) is 0 Å². The van der Waals surface area contributed by atoms with Crippen molar-refractivity contribution in [3.8, 4) is 0 Å². The highest BCUT2D eigenvalue weighted by atomic mass is 32.2. The molecule has 1 heterocycles. The summed E-state index contributed by atoms with van der Waals surface area (Å²) in [6.07, 6.45) is 0.714. The van der Waals surface area contributed by atoms with Gasteiger partial charge in [-0.3, -0.25) is 0 Å². The van der Waals surface area contributed by atoms with Crippen LogP contribution >= 0.6 is 11.3 Å². The topological polar surface area (TPSA) is 46.2 Å². The molecule has 0 bridgehead atoms. The van der Waals surface area contributed by atoms with Crippen molar-refractivity contribution >= 4 is 21.4 Å². The second-order valence-corrected chi connectivity index (χ2v) is 7.85. The van der Waals surface area contributed by atoms with Crippen LogP contribution in [0, 0.1) is 27.7 Å². The zero-order valence-corrected chi connectivity index (χ0v) is 14.5. The van der Waals surface area contributed by atoms with Gasteiger partial charge >= 0.3 is 0 Å². The second kappa shape index (κ2) is 6.30. The molecule has 0 aliphatic carbocycles. The molecular formula is C16H21NO2S2. The van der Waals surface area contributed by atoms with E-state index in [0.29, 0.717) is 17.9 Å². The largest absolute Gasteiger partial charge is 0.241 e. The van der Waals surface area contributed by atoms with Crippen molar-refractivity contribution in [1.29, 1.82) is 0 Å². The predicted molar refractivity (Wildman–Crippen MR) is 88.6 cm³/mol. The highest BCUT2D eigenvalue weighted by molar-refractivity contribution is 7.89. The fraction of sp³-hybridized carbons (Fsp3) is 0.375. The quantitative estimate of drug-likeness (QED) is 0.915. The first-order valence-electron chi connectivity index (χ1n) is 6.91. The zero-order valence-electron chi connectivity index (χ0n) is 12.9. The molecule has 0 fully saturated rings. The van der Waals surface area contributed by atoms with Crippen molar-refractivity contribution in [3.63, 3.8) is 0 Å². The molecule has 21 heavy (non-hydrogen) atoms. The monoisotopic (exact) mass is 323 g/mol. The molecule has 3 nitrogen and oxygen atoms in total. The van der Waals surface area contributed by atoms with Gasteiger partial charge in [0.15, 0.2) is 0 Å². The number of hydrogen-bond acceptors (Lipinski definition) is 3. The van der Waals surface area contributed by atoms with E-state index < -0.39 is 10.0 Å². The Hall–Kier alpha value is -1.17. The molecule has 1 aromatic carbocycles. The highest BCUT2D eigenvalue weighted by Crippen LogP contribution is 2.25. The maximum absolute atomic E-state index is 12.6. The third-order valence-corrected chi connectivity index (χ3v) is 6.32. The maximum Gasteiger partial charge on any atom is 0.241 e. The van der Waals surface area contributed by atoms with Gasteiger partial charge in [-0.1, -0.05) is 6.07 Å². The Labute approximate surface area is 131 Å². The Morgan fingerprint density at radius 1 is 1.10 bits per heavy atom. The minimum absolute atomic E-state index is 0.422. The third-order valence-electron chi connectivity index (χ3n) is 3.85. The molecular weight excluding hydrogens is 302 g/mol. The van der Waals surface area contributed by atoms with Crippen LogP contribution in [0.4, 0.5) is 0 Å².